The molecule has 0 bridgehead atoms. The van der Waals surface area contributed by atoms with Crippen LogP contribution in [0.25, 0.3) is 0 Å². The monoisotopic (exact) mass is 340 g/mol. The highest BCUT2D eigenvalue weighted by atomic mass is 16.1. The summed E-state index contributed by atoms with van der Waals surface area (Å²) in [6.45, 7) is 5.37. The van der Waals surface area contributed by atoms with Gasteiger partial charge in [-0.1, -0.05) is 0 Å². The van der Waals surface area contributed by atoms with Gasteiger partial charge in [0.25, 0.3) is 0 Å². The third-order valence-corrected chi connectivity index (χ3v) is 4.87. The Morgan fingerprint density at radius 1 is 1.48 bits per heavy atom. The summed E-state index contributed by atoms with van der Waals surface area (Å²) in [6.07, 6.45) is 7.21. The van der Waals surface area contributed by atoms with Crippen molar-refractivity contribution in [3.05, 3.63) is 35.2 Å². The summed E-state index contributed by atoms with van der Waals surface area (Å²) in [7, 11) is 0. The van der Waals surface area contributed by atoms with Crippen LogP contribution < -0.4 is 5.32 Å². The molecule has 1 aliphatic heterocycles. The van der Waals surface area contributed by atoms with Crippen LogP contribution in [0.3, 0.4) is 0 Å². The normalized spacial score (nSPS) is 16.3. The van der Waals surface area contributed by atoms with E-state index in [1.807, 2.05) is 30.9 Å². The summed E-state index contributed by atoms with van der Waals surface area (Å²) < 4.78 is 3.98. The number of hydrogen-bond acceptors (Lipinski definition) is 4. The molecule has 132 valence electrons. The molecule has 0 unspecified atom stereocenters. The lowest BCUT2D eigenvalue weighted by molar-refractivity contribution is -0.122. The maximum absolute atomic E-state index is 12.3. The standard InChI is InChI=1S/C18H24N6O/c1-13-16(14(2)24(22-13)10-3-8-19)5-7-18(25)21-15-4-6-17-20-9-11-23(17)12-15/h9,11,15H,3-7,10,12H2,1-2H3,(H,21,25)/t15-/m1/s1. The molecule has 2 aromatic rings. The topological polar surface area (TPSA) is 88.5 Å². The number of carbonyl (C=O) groups excluding carboxylic acids is 1. The van der Waals surface area contributed by atoms with Gasteiger partial charge in [0.15, 0.2) is 0 Å². The van der Waals surface area contributed by atoms with E-state index in [2.05, 4.69) is 26.0 Å². The number of rotatable bonds is 6. The SMILES string of the molecule is Cc1nn(CCC#N)c(C)c1CCC(=O)N[C@@H]1CCc2nccn2C1. The maximum atomic E-state index is 12.3. The van der Waals surface area contributed by atoms with E-state index in [9.17, 15) is 4.79 Å². The largest absolute Gasteiger partial charge is 0.352 e. The van der Waals surface area contributed by atoms with Crippen molar-refractivity contribution in [3.63, 3.8) is 0 Å². The van der Waals surface area contributed by atoms with Crippen molar-refractivity contribution in [1.82, 2.24) is 24.6 Å². The molecule has 7 nitrogen and oxygen atoms in total. The van der Waals surface area contributed by atoms with Crippen LogP contribution in [0.15, 0.2) is 12.4 Å². The van der Waals surface area contributed by atoms with Gasteiger partial charge in [-0.2, -0.15) is 10.4 Å². The molecule has 3 rings (SSSR count). The molecule has 0 spiro atoms. The number of amides is 1. The maximum Gasteiger partial charge on any atom is 0.220 e. The van der Waals surface area contributed by atoms with Crippen molar-refractivity contribution in [1.29, 1.82) is 5.26 Å². The molecule has 25 heavy (non-hydrogen) atoms. The van der Waals surface area contributed by atoms with E-state index in [4.69, 9.17) is 5.26 Å². The number of nitrogens with zero attached hydrogens (tertiary/aromatic N) is 5. The summed E-state index contributed by atoms with van der Waals surface area (Å²) in [4.78, 5) is 16.6. The molecule has 7 heteroatoms. The first-order valence-electron chi connectivity index (χ1n) is 8.77. The van der Waals surface area contributed by atoms with E-state index in [0.29, 0.717) is 25.8 Å². The lowest BCUT2D eigenvalue weighted by Gasteiger charge is -2.24. The molecule has 1 atom stereocenters. The zero-order valence-corrected chi connectivity index (χ0v) is 14.8. The molecule has 1 aliphatic rings. The zero-order chi connectivity index (χ0) is 17.8. The molecule has 0 aromatic carbocycles. The molecule has 1 N–H and O–H groups in total. The molecule has 3 heterocycles. The number of aryl methyl sites for hydroxylation is 3. The van der Waals surface area contributed by atoms with Crippen molar-refractivity contribution >= 4 is 5.91 Å². The van der Waals surface area contributed by atoms with Crippen LogP contribution in [0.4, 0.5) is 0 Å². The Balaban J connectivity index is 1.53. The van der Waals surface area contributed by atoms with Gasteiger partial charge in [-0.3, -0.25) is 9.48 Å². The van der Waals surface area contributed by atoms with Crippen molar-refractivity contribution in [3.8, 4) is 6.07 Å². The van der Waals surface area contributed by atoms with E-state index in [1.165, 1.54) is 0 Å². The van der Waals surface area contributed by atoms with Gasteiger partial charge >= 0.3 is 0 Å². The quantitative estimate of drug-likeness (QED) is 0.866. The summed E-state index contributed by atoms with van der Waals surface area (Å²) in [5, 5.41) is 16.4. The Kier molecular flexibility index (Phi) is 5.17. The molecular weight excluding hydrogens is 316 g/mol. The molecule has 0 radical (unpaired) electrons. The highest BCUT2D eigenvalue weighted by Crippen LogP contribution is 2.16. The van der Waals surface area contributed by atoms with E-state index in [1.54, 1.807) is 0 Å². The highest BCUT2D eigenvalue weighted by Gasteiger charge is 2.20. The number of nitrogens with one attached hydrogen (secondary N) is 1. The molecule has 2 aromatic heterocycles. The van der Waals surface area contributed by atoms with Gasteiger partial charge < -0.3 is 9.88 Å². The lowest BCUT2D eigenvalue weighted by atomic mass is 10.1. The predicted molar refractivity (Wildman–Crippen MR) is 92.7 cm³/mol. The minimum atomic E-state index is 0.0807. The molecule has 0 saturated carbocycles. The summed E-state index contributed by atoms with van der Waals surface area (Å²) in [5.74, 6) is 1.18. The fourth-order valence-electron chi connectivity index (χ4n) is 3.49. The van der Waals surface area contributed by atoms with Crippen LogP contribution in [0.2, 0.25) is 0 Å². The summed E-state index contributed by atoms with van der Waals surface area (Å²) >= 11 is 0. The first kappa shape index (κ1) is 17.2. The zero-order valence-electron chi connectivity index (χ0n) is 14.8. The Morgan fingerprint density at radius 3 is 3.12 bits per heavy atom. The third kappa shape index (κ3) is 3.90. The molecule has 0 saturated heterocycles. The second kappa shape index (κ2) is 7.51. The number of imidazole rings is 1. The molecular formula is C18H24N6O. The second-order valence-electron chi connectivity index (χ2n) is 6.58. The molecule has 0 aliphatic carbocycles. The van der Waals surface area contributed by atoms with Crippen molar-refractivity contribution in [2.24, 2.45) is 0 Å². The minimum Gasteiger partial charge on any atom is -0.352 e. The van der Waals surface area contributed by atoms with Crippen LogP contribution in [0.5, 0.6) is 0 Å². The van der Waals surface area contributed by atoms with Gasteiger partial charge in [0.1, 0.15) is 5.82 Å². The first-order valence-corrected chi connectivity index (χ1v) is 8.77. The van der Waals surface area contributed by atoms with E-state index < -0.39 is 0 Å². The third-order valence-electron chi connectivity index (χ3n) is 4.87. The van der Waals surface area contributed by atoms with Gasteiger partial charge in [-0.25, -0.2) is 4.98 Å². The Bertz CT molecular complexity index is 797. The fourth-order valence-corrected chi connectivity index (χ4v) is 3.49. The Labute approximate surface area is 147 Å². The second-order valence-corrected chi connectivity index (χ2v) is 6.58. The van der Waals surface area contributed by atoms with Gasteiger partial charge in [0.05, 0.1) is 24.7 Å². The number of aromatic nitrogens is 4. The van der Waals surface area contributed by atoms with E-state index in [0.717, 1.165) is 42.2 Å². The first-order chi connectivity index (χ1) is 12.1. The highest BCUT2D eigenvalue weighted by molar-refractivity contribution is 5.76. The number of nitriles is 1. The van der Waals surface area contributed by atoms with Crippen LogP contribution in [0.1, 0.15) is 42.0 Å². The van der Waals surface area contributed by atoms with Crippen LogP contribution >= 0.6 is 0 Å². The van der Waals surface area contributed by atoms with Gasteiger partial charge in [-0.05, 0) is 32.3 Å². The fraction of sp³-hybridized carbons (Fsp3) is 0.556. The summed E-state index contributed by atoms with van der Waals surface area (Å²) in [6, 6.07) is 2.32. The number of fused-ring (bicyclic) bond motifs is 1. The average Bonchev–Trinajstić information content (AvgIpc) is 3.15. The van der Waals surface area contributed by atoms with Crippen molar-refractivity contribution < 1.29 is 4.79 Å². The van der Waals surface area contributed by atoms with Crippen LogP contribution in [-0.2, 0) is 30.7 Å². The molecule has 1 amide bonds. The van der Waals surface area contributed by atoms with Gasteiger partial charge in [0, 0.05) is 43.5 Å². The smallest absolute Gasteiger partial charge is 0.220 e. The van der Waals surface area contributed by atoms with Gasteiger partial charge in [-0.15, -0.1) is 0 Å². The average molecular weight is 340 g/mol. The van der Waals surface area contributed by atoms with E-state index in [-0.39, 0.29) is 11.9 Å². The Hall–Kier alpha value is -2.62. The lowest BCUT2D eigenvalue weighted by Crippen LogP contribution is -2.41. The van der Waals surface area contributed by atoms with E-state index >= 15 is 0 Å². The van der Waals surface area contributed by atoms with Gasteiger partial charge in [0.2, 0.25) is 5.91 Å². The van der Waals surface area contributed by atoms with Crippen LogP contribution in [-0.4, -0.2) is 31.3 Å². The van der Waals surface area contributed by atoms with Crippen molar-refractivity contribution in [2.75, 3.05) is 0 Å². The van der Waals surface area contributed by atoms with Crippen molar-refractivity contribution in [2.45, 2.75) is 65.1 Å². The van der Waals surface area contributed by atoms with Crippen LogP contribution in [0, 0.1) is 25.2 Å². The minimum absolute atomic E-state index is 0.0807. The summed E-state index contributed by atoms with van der Waals surface area (Å²) in [5.41, 5.74) is 3.12. The number of carbonyl (C=O) groups is 1. The predicted octanol–water partition coefficient (Wildman–Crippen LogP) is 1.67. The molecule has 0 fully saturated rings. The number of hydrogen-bond donors (Lipinski definition) is 1. The Morgan fingerprint density at radius 2 is 2.32 bits per heavy atom.